The second-order valence-corrected chi connectivity index (χ2v) is 8.94. The normalized spacial score (nSPS) is 13.7. The highest BCUT2D eigenvalue weighted by atomic mass is 16.5. The predicted octanol–water partition coefficient (Wildman–Crippen LogP) is 6.73. The summed E-state index contributed by atoms with van der Waals surface area (Å²) in [4.78, 5) is 25.8. The molecule has 0 fully saturated rings. The molecule has 0 bridgehead atoms. The highest BCUT2D eigenvalue weighted by Gasteiger charge is 2.28. The van der Waals surface area contributed by atoms with Gasteiger partial charge in [0.05, 0.1) is 29.8 Å². The van der Waals surface area contributed by atoms with Crippen molar-refractivity contribution in [2.75, 3.05) is 12.4 Å². The number of hydrazone groups is 1. The molecular weight excluding hydrogens is 494 g/mol. The number of rotatable bonds is 7. The van der Waals surface area contributed by atoms with E-state index in [1.165, 1.54) is 7.11 Å². The summed E-state index contributed by atoms with van der Waals surface area (Å²) in [6.45, 7) is 1.83. The monoisotopic (exact) mass is 521 g/mol. The van der Waals surface area contributed by atoms with E-state index in [9.17, 15) is 9.59 Å². The number of fused-ring (bicyclic) bond motifs is 1. The number of carbonyl (C=O) groups is 2. The Morgan fingerprint density at radius 3 is 2.28 bits per heavy atom. The van der Waals surface area contributed by atoms with Gasteiger partial charge in [-0.3, -0.25) is 9.59 Å². The number of azo groups is 1. The number of amides is 2. The number of aryl methyl sites for hydroxylation is 1. The molecule has 0 radical (unpaired) electrons. The van der Waals surface area contributed by atoms with Crippen molar-refractivity contribution in [1.82, 2.24) is 5.43 Å². The number of hydrogen-bond acceptors (Lipinski definition) is 7. The fraction of sp³-hybridized carbons (Fsp3) is 0.167. The first kappa shape index (κ1) is 25.6. The van der Waals surface area contributed by atoms with Crippen LogP contribution in [0.4, 0.5) is 17.1 Å². The van der Waals surface area contributed by atoms with Crippen molar-refractivity contribution in [2.45, 2.75) is 26.2 Å². The van der Waals surface area contributed by atoms with Crippen molar-refractivity contribution in [2.24, 2.45) is 15.3 Å². The SMILES string of the molecule is COc1ccccc1C(=O)N/N=C1\CCCc2oc(C(=O)Nc3ccc(N=Nc4ccccc4)cc3)c(C)c21. The molecule has 1 aliphatic carbocycles. The Morgan fingerprint density at radius 1 is 0.846 bits per heavy atom. The number of carbonyl (C=O) groups excluding carboxylic acids is 2. The van der Waals surface area contributed by atoms with E-state index in [2.05, 4.69) is 26.1 Å². The maximum absolute atomic E-state index is 13.1. The number of nitrogens with zero attached hydrogens (tertiary/aromatic N) is 3. The summed E-state index contributed by atoms with van der Waals surface area (Å²) in [6.07, 6.45) is 2.13. The van der Waals surface area contributed by atoms with Crippen LogP contribution in [0.25, 0.3) is 0 Å². The van der Waals surface area contributed by atoms with Gasteiger partial charge in [0.25, 0.3) is 11.8 Å². The van der Waals surface area contributed by atoms with Gasteiger partial charge in [0, 0.05) is 23.2 Å². The van der Waals surface area contributed by atoms with Gasteiger partial charge in [0.2, 0.25) is 0 Å². The van der Waals surface area contributed by atoms with Crippen LogP contribution < -0.4 is 15.5 Å². The molecule has 2 N–H and O–H groups in total. The van der Waals surface area contributed by atoms with E-state index in [4.69, 9.17) is 9.15 Å². The van der Waals surface area contributed by atoms with Gasteiger partial charge >= 0.3 is 0 Å². The lowest BCUT2D eigenvalue weighted by Gasteiger charge is -2.14. The topological polar surface area (TPSA) is 118 Å². The third kappa shape index (κ3) is 5.77. The number of furan rings is 1. The summed E-state index contributed by atoms with van der Waals surface area (Å²) >= 11 is 0. The minimum atomic E-state index is -0.377. The Labute approximate surface area is 225 Å². The fourth-order valence-corrected chi connectivity index (χ4v) is 4.42. The number of anilines is 1. The zero-order valence-corrected chi connectivity index (χ0v) is 21.6. The number of ether oxygens (including phenoxy) is 1. The second kappa shape index (κ2) is 11.6. The van der Waals surface area contributed by atoms with Crippen LogP contribution in [0.15, 0.2) is 98.6 Å². The number of benzene rings is 3. The first-order valence-electron chi connectivity index (χ1n) is 12.5. The molecule has 5 rings (SSSR count). The van der Waals surface area contributed by atoms with Gasteiger partial charge in [-0.1, -0.05) is 30.3 Å². The van der Waals surface area contributed by atoms with Crippen molar-refractivity contribution in [3.8, 4) is 5.75 Å². The first-order valence-corrected chi connectivity index (χ1v) is 12.5. The molecule has 0 unspecified atom stereocenters. The molecule has 0 atom stereocenters. The van der Waals surface area contributed by atoms with E-state index in [1.807, 2.05) is 37.3 Å². The maximum atomic E-state index is 13.1. The summed E-state index contributed by atoms with van der Waals surface area (Å²) in [5, 5.41) is 15.7. The van der Waals surface area contributed by atoms with Crippen LogP contribution in [0.2, 0.25) is 0 Å². The lowest BCUT2D eigenvalue weighted by Crippen LogP contribution is -2.22. The van der Waals surface area contributed by atoms with Gasteiger partial charge in [-0.25, -0.2) is 5.43 Å². The number of methoxy groups -OCH3 is 1. The molecule has 4 aromatic rings. The minimum Gasteiger partial charge on any atom is -0.496 e. The Kier molecular flexibility index (Phi) is 7.58. The Bertz CT molecular complexity index is 1560. The second-order valence-electron chi connectivity index (χ2n) is 8.94. The lowest BCUT2D eigenvalue weighted by molar-refractivity contribution is 0.0950. The van der Waals surface area contributed by atoms with E-state index in [1.54, 1.807) is 48.5 Å². The van der Waals surface area contributed by atoms with E-state index in [0.29, 0.717) is 52.6 Å². The number of para-hydroxylation sites is 1. The highest BCUT2D eigenvalue weighted by molar-refractivity contribution is 6.09. The molecule has 0 aliphatic heterocycles. The summed E-state index contributed by atoms with van der Waals surface area (Å²) < 4.78 is 11.3. The average molecular weight is 522 g/mol. The molecule has 39 heavy (non-hydrogen) atoms. The minimum absolute atomic E-state index is 0.221. The van der Waals surface area contributed by atoms with Gasteiger partial charge < -0.3 is 14.5 Å². The molecule has 1 aliphatic rings. The maximum Gasteiger partial charge on any atom is 0.291 e. The van der Waals surface area contributed by atoms with Gasteiger partial charge in [-0.05, 0) is 68.3 Å². The Hall–Kier alpha value is -5.05. The lowest BCUT2D eigenvalue weighted by atomic mass is 9.93. The smallest absolute Gasteiger partial charge is 0.291 e. The number of hydrogen-bond donors (Lipinski definition) is 2. The van der Waals surface area contributed by atoms with Crippen molar-refractivity contribution in [3.63, 3.8) is 0 Å². The summed E-state index contributed by atoms with van der Waals surface area (Å²) in [7, 11) is 1.51. The molecular formula is C30H27N5O4. The molecule has 1 heterocycles. The molecule has 0 spiro atoms. The molecule has 9 nitrogen and oxygen atoms in total. The number of nitrogens with one attached hydrogen (secondary N) is 2. The van der Waals surface area contributed by atoms with Crippen LogP contribution in [-0.2, 0) is 6.42 Å². The van der Waals surface area contributed by atoms with Gasteiger partial charge in [-0.15, -0.1) is 0 Å². The molecule has 0 saturated carbocycles. The quantitative estimate of drug-likeness (QED) is 0.207. The summed E-state index contributed by atoms with van der Waals surface area (Å²) in [5.74, 6) is 0.630. The molecule has 0 saturated heterocycles. The Morgan fingerprint density at radius 2 is 1.54 bits per heavy atom. The molecule has 1 aromatic heterocycles. The van der Waals surface area contributed by atoms with E-state index in [-0.39, 0.29) is 17.6 Å². The summed E-state index contributed by atoms with van der Waals surface area (Å²) in [6, 6.07) is 23.5. The van der Waals surface area contributed by atoms with Crippen LogP contribution >= 0.6 is 0 Å². The predicted molar refractivity (Wildman–Crippen MR) is 148 cm³/mol. The van der Waals surface area contributed by atoms with Crippen LogP contribution in [0.1, 0.15) is 50.6 Å². The average Bonchev–Trinajstić information content (AvgIpc) is 3.33. The molecule has 9 heteroatoms. The van der Waals surface area contributed by atoms with E-state index >= 15 is 0 Å². The largest absolute Gasteiger partial charge is 0.496 e. The van der Waals surface area contributed by atoms with Crippen molar-refractivity contribution in [1.29, 1.82) is 0 Å². The van der Waals surface area contributed by atoms with Crippen LogP contribution in [-0.4, -0.2) is 24.6 Å². The molecule has 3 aromatic carbocycles. The van der Waals surface area contributed by atoms with E-state index < -0.39 is 0 Å². The van der Waals surface area contributed by atoms with Crippen LogP contribution in [0, 0.1) is 6.92 Å². The Balaban J connectivity index is 1.29. The first-order chi connectivity index (χ1) is 19.0. The third-order valence-corrected chi connectivity index (χ3v) is 6.34. The third-order valence-electron chi connectivity index (χ3n) is 6.34. The van der Waals surface area contributed by atoms with Crippen molar-refractivity contribution < 1.29 is 18.7 Å². The van der Waals surface area contributed by atoms with Gasteiger partial charge in [-0.2, -0.15) is 15.3 Å². The van der Waals surface area contributed by atoms with Crippen LogP contribution in [0.3, 0.4) is 0 Å². The molecule has 196 valence electrons. The van der Waals surface area contributed by atoms with Gasteiger partial charge in [0.1, 0.15) is 11.5 Å². The van der Waals surface area contributed by atoms with Crippen molar-refractivity contribution >= 4 is 34.6 Å². The molecule has 2 amide bonds. The van der Waals surface area contributed by atoms with E-state index in [0.717, 1.165) is 17.7 Å². The van der Waals surface area contributed by atoms with Gasteiger partial charge in [0.15, 0.2) is 5.76 Å². The standard InChI is InChI=1S/C30H27N5O4/c1-19-27-24(34-35-29(36)23-11-6-7-13-25(23)38-2)12-8-14-26(27)39-28(19)30(37)31-20-15-17-22(18-16-20)33-32-21-9-4-3-5-10-21/h3-7,9-11,13,15-18H,8,12,14H2,1-2H3,(H,31,37)(H,35,36)/b33-32?,34-24+. The summed E-state index contributed by atoms with van der Waals surface area (Å²) in [5.41, 5.74) is 7.16. The highest BCUT2D eigenvalue weighted by Crippen LogP contribution is 2.31. The van der Waals surface area contributed by atoms with Crippen LogP contribution in [0.5, 0.6) is 5.75 Å². The van der Waals surface area contributed by atoms with Crippen molar-refractivity contribution in [3.05, 3.63) is 107 Å². The fourth-order valence-electron chi connectivity index (χ4n) is 4.42. The zero-order chi connectivity index (χ0) is 27.2. The zero-order valence-electron chi connectivity index (χ0n) is 21.6.